The van der Waals surface area contributed by atoms with Crippen molar-refractivity contribution in [1.29, 1.82) is 0 Å². The van der Waals surface area contributed by atoms with Crippen molar-refractivity contribution in [2.24, 2.45) is 0 Å². The first kappa shape index (κ1) is 42.3. The summed E-state index contributed by atoms with van der Waals surface area (Å²) >= 11 is 6.34. The van der Waals surface area contributed by atoms with Gasteiger partial charge in [0, 0.05) is 22.4 Å². The van der Waals surface area contributed by atoms with Gasteiger partial charge < -0.3 is 35.7 Å². The molecule has 51 heavy (non-hydrogen) atoms. The van der Waals surface area contributed by atoms with E-state index in [1.807, 2.05) is 0 Å². The Morgan fingerprint density at radius 2 is 1.65 bits per heavy atom. The molecule has 5 rings (SSSR count). The summed E-state index contributed by atoms with van der Waals surface area (Å²) in [6.07, 6.45) is 0. The number of carbonyl (C=O) groups excluding carboxylic acids is 3. The number of hydrogen-bond acceptors (Lipinski definition) is 18. The molecule has 0 fully saturated rings. The summed E-state index contributed by atoms with van der Waals surface area (Å²) in [7, 11) is -5.14. The largest absolute Gasteiger partial charge is 1.00 e. The molecule has 0 amide bonds. The number of nitrogens with two attached hydrogens (primary N) is 1. The van der Waals surface area contributed by atoms with Crippen LogP contribution in [-0.2, 0) is 29.0 Å². The number of nitrogen functional groups attached to an aromatic ring is 1. The molecule has 0 atom stereocenters. The Balaban J connectivity index is 0.00000351. The van der Waals surface area contributed by atoms with Crippen LogP contribution in [0.5, 0.6) is 6.01 Å². The minimum Gasteiger partial charge on any atom is -0.744 e. The van der Waals surface area contributed by atoms with Crippen molar-refractivity contribution in [3.05, 3.63) is 88.2 Å². The Labute approximate surface area is 343 Å². The molecule has 0 saturated heterocycles. The molecule has 1 aliphatic carbocycles. The van der Waals surface area contributed by atoms with Crippen molar-refractivity contribution in [1.82, 2.24) is 15.0 Å². The van der Waals surface area contributed by atoms with Crippen LogP contribution in [0.3, 0.4) is 0 Å². The molecular formula is C29H21ClN6Na2O11S2. The molecule has 0 bridgehead atoms. The second kappa shape index (κ2) is 18.1. The molecule has 0 unspecified atom stereocenters. The van der Waals surface area contributed by atoms with Crippen molar-refractivity contribution in [2.75, 3.05) is 29.6 Å². The summed E-state index contributed by atoms with van der Waals surface area (Å²) in [6.45, 7) is 4.66. The van der Waals surface area contributed by atoms with Gasteiger partial charge in [-0.2, -0.15) is 19.3 Å². The summed E-state index contributed by atoms with van der Waals surface area (Å²) in [4.78, 5) is 49.9. The van der Waals surface area contributed by atoms with E-state index in [1.165, 1.54) is 37.3 Å². The maximum atomic E-state index is 13.7. The Hall–Kier alpha value is -3.15. The Morgan fingerprint density at radius 1 is 0.980 bits per heavy atom. The zero-order valence-corrected chi connectivity index (χ0v) is 33.2. The van der Waals surface area contributed by atoms with E-state index >= 15 is 0 Å². The average molecular weight is 775 g/mol. The fourth-order valence-corrected chi connectivity index (χ4v) is 5.78. The molecule has 1 aliphatic rings. The van der Waals surface area contributed by atoms with Gasteiger partial charge in [-0.25, -0.2) is 13.2 Å². The topological polar surface area (TPSA) is 257 Å². The summed E-state index contributed by atoms with van der Waals surface area (Å²) in [5, 5.41) is 19.2. The van der Waals surface area contributed by atoms with E-state index in [-0.39, 0.29) is 145 Å². The van der Waals surface area contributed by atoms with Crippen molar-refractivity contribution in [3.8, 4) is 6.01 Å². The number of carbonyl (C=O) groups is 3. The molecule has 22 heteroatoms. The van der Waals surface area contributed by atoms with E-state index in [0.717, 1.165) is 6.07 Å². The molecule has 4 N–H and O–H groups in total. The van der Waals surface area contributed by atoms with Crippen molar-refractivity contribution in [3.63, 3.8) is 0 Å². The third-order valence-electron chi connectivity index (χ3n) is 6.61. The number of benzene rings is 3. The van der Waals surface area contributed by atoms with E-state index in [9.17, 15) is 32.6 Å². The summed E-state index contributed by atoms with van der Waals surface area (Å²) < 4.78 is 51.6. The number of hydrogen-bond donors (Lipinski definition) is 3. The first-order valence-corrected chi connectivity index (χ1v) is 16.1. The van der Waals surface area contributed by atoms with Crippen LogP contribution < -0.4 is 85.5 Å². The first-order valence-electron chi connectivity index (χ1n) is 13.6. The van der Waals surface area contributed by atoms with E-state index in [1.54, 1.807) is 12.1 Å². The molecule has 1 heterocycles. The quantitative estimate of drug-likeness (QED) is 0.0124. The van der Waals surface area contributed by atoms with Crippen molar-refractivity contribution >= 4 is 80.0 Å². The second-order valence-electron chi connectivity index (χ2n) is 9.90. The van der Waals surface area contributed by atoms with Gasteiger partial charge in [-0.15, -0.1) is 0 Å². The minimum atomic E-state index is -5.14. The number of ether oxygens (including phenoxy) is 2. The van der Waals surface area contributed by atoms with Crippen LogP contribution in [0, 0.1) is 0 Å². The van der Waals surface area contributed by atoms with Crippen LogP contribution in [0.25, 0.3) is 0 Å². The van der Waals surface area contributed by atoms with Crippen molar-refractivity contribution < 1.29 is 111 Å². The third-order valence-corrected chi connectivity index (χ3v) is 8.31. The maximum Gasteiger partial charge on any atom is 1.00 e. The van der Waals surface area contributed by atoms with Gasteiger partial charge in [-0.1, -0.05) is 30.8 Å². The van der Waals surface area contributed by atoms with Gasteiger partial charge in [0.2, 0.25) is 11.2 Å². The van der Waals surface area contributed by atoms with Gasteiger partial charge in [0.1, 0.15) is 23.3 Å². The fourth-order valence-electron chi connectivity index (χ4n) is 4.55. The molecular weight excluding hydrogens is 754 g/mol. The van der Waals surface area contributed by atoms with Gasteiger partial charge in [0.15, 0.2) is 11.6 Å². The van der Waals surface area contributed by atoms with Gasteiger partial charge >= 0.3 is 71.1 Å². The normalized spacial score (nSPS) is 11.7. The second-order valence-corrected chi connectivity index (χ2v) is 12.3. The predicted octanol–water partition coefficient (Wildman–Crippen LogP) is -2.99. The summed E-state index contributed by atoms with van der Waals surface area (Å²) in [6, 6.07) is 10.3. The SMILES string of the molecule is C=C(C)C(=O)OCCOc1nc(Cl)nc(Nc2ccc(S(=O)(=O)[O-])c(Nc3cc(SOO[O-])c(N)c4c3C(=O)c3ccccc3C4=O)c2)n1.[Na+].[Na+]. The van der Waals surface area contributed by atoms with Crippen LogP contribution in [0.15, 0.2) is 70.5 Å². The molecule has 17 nitrogen and oxygen atoms in total. The number of rotatable bonds is 13. The third kappa shape index (κ3) is 9.84. The molecule has 4 aromatic rings. The summed E-state index contributed by atoms with van der Waals surface area (Å²) in [5.41, 5.74) is 5.42. The smallest absolute Gasteiger partial charge is 0.744 e. The Bertz CT molecular complexity index is 2140. The number of anilines is 5. The van der Waals surface area contributed by atoms with E-state index < -0.39 is 32.5 Å². The van der Waals surface area contributed by atoms with Crippen LogP contribution in [0.1, 0.15) is 38.8 Å². The molecule has 1 aromatic heterocycles. The number of halogens is 1. The number of nitrogens with zero attached hydrogens (tertiary/aromatic N) is 3. The molecule has 0 spiro atoms. The van der Waals surface area contributed by atoms with Crippen LogP contribution in [0.4, 0.5) is 28.7 Å². The standard InChI is InChI=1S/C29H23ClN6O11S2.2Na/c1-13(2)26(39)44-9-10-45-29-35-27(30)34-28(36-29)32-14-7-8-20(49(41,42)43)17(11-14)33-18-12-19(48-47-46-40)23(31)22-21(18)24(37)15-5-3-4-6-16(15)25(22)38;;/h3-8,11-12,33,40H,1,9-10,31H2,2H3,(H,41,42,43)(H,32,34,35,36);;/q;2*+1/p-2. The number of aromatic nitrogens is 3. The van der Waals surface area contributed by atoms with E-state index in [0.29, 0.717) is 12.0 Å². The maximum absolute atomic E-state index is 13.7. The predicted molar refractivity (Wildman–Crippen MR) is 169 cm³/mol. The molecule has 0 saturated carbocycles. The van der Waals surface area contributed by atoms with E-state index in [2.05, 4.69) is 41.5 Å². The Morgan fingerprint density at radius 3 is 2.27 bits per heavy atom. The minimum absolute atomic E-state index is 0. The molecule has 0 aliphatic heterocycles. The molecule has 0 radical (unpaired) electrons. The zero-order chi connectivity index (χ0) is 35.5. The van der Waals surface area contributed by atoms with Gasteiger partial charge in [-0.3, -0.25) is 14.6 Å². The van der Waals surface area contributed by atoms with Crippen LogP contribution in [-0.4, -0.2) is 58.7 Å². The Kier molecular flexibility index (Phi) is 15.0. The summed E-state index contributed by atoms with van der Waals surface area (Å²) in [5.74, 6) is -2.07. The molecule has 3 aromatic carbocycles. The van der Waals surface area contributed by atoms with Crippen LogP contribution in [0.2, 0.25) is 5.28 Å². The number of nitrogens with one attached hydrogen (secondary N) is 2. The fraction of sp³-hybridized carbons (Fsp3) is 0.103. The number of ketones is 2. The first-order chi connectivity index (χ1) is 23.3. The van der Waals surface area contributed by atoms with Gasteiger partial charge in [-0.05, 0) is 42.8 Å². The molecule has 254 valence electrons. The number of esters is 1. The average Bonchev–Trinajstić information content (AvgIpc) is 3.04. The monoisotopic (exact) mass is 774 g/mol. The van der Waals surface area contributed by atoms with E-state index in [4.69, 9.17) is 26.8 Å². The van der Waals surface area contributed by atoms with Gasteiger partial charge in [0.25, 0.3) is 0 Å². The van der Waals surface area contributed by atoms with Crippen LogP contribution >= 0.6 is 23.6 Å². The van der Waals surface area contributed by atoms with Gasteiger partial charge in [0.05, 0.1) is 50.0 Å². The zero-order valence-electron chi connectivity index (χ0n) is 26.8. The van der Waals surface area contributed by atoms with Crippen molar-refractivity contribution in [2.45, 2.75) is 16.7 Å². The number of fused-ring (bicyclic) bond motifs is 2.